The van der Waals surface area contributed by atoms with Crippen molar-refractivity contribution >= 4 is 11.8 Å². The Morgan fingerprint density at radius 3 is 2.67 bits per heavy atom. The number of nitrogens with zero attached hydrogens (tertiary/aromatic N) is 1. The van der Waals surface area contributed by atoms with Gasteiger partial charge in [-0.1, -0.05) is 18.2 Å². The first-order chi connectivity index (χ1) is 17.5. The average molecular weight is 489 g/mol. The zero-order chi connectivity index (χ0) is 25.1. The maximum absolute atomic E-state index is 13.6. The normalized spacial score (nSPS) is 14.8. The predicted octanol–water partition coefficient (Wildman–Crippen LogP) is 5.01. The molecule has 0 saturated heterocycles. The minimum Gasteiger partial charge on any atom is -0.486 e. The van der Waals surface area contributed by atoms with Crippen LogP contribution in [-0.2, 0) is 24.4 Å². The van der Waals surface area contributed by atoms with Gasteiger partial charge in [-0.3, -0.25) is 9.59 Å². The maximum Gasteiger partial charge on any atom is 0.287 e. The highest BCUT2D eigenvalue weighted by atomic mass is 19.1. The molecule has 184 valence electrons. The Bertz CT molecular complexity index is 1360. The molecule has 4 aromatic rings. The molecule has 36 heavy (non-hydrogen) atoms. The zero-order valence-corrected chi connectivity index (χ0v) is 19.7. The van der Waals surface area contributed by atoms with Gasteiger partial charge < -0.3 is 23.8 Å². The molecule has 2 aromatic carbocycles. The van der Waals surface area contributed by atoms with Crippen LogP contribution in [0.2, 0.25) is 0 Å². The number of hydrogen-bond acceptors (Lipinski definition) is 5. The van der Waals surface area contributed by atoms with Gasteiger partial charge in [0.15, 0.2) is 5.76 Å². The lowest BCUT2D eigenvalue weighted by molar-refractivity contribution is -0.130. The van der Waals surface area contributed by atoms with Crippen molar-refractivity contribution in [1.82, 2.24) is 10.2 Å². The van der Waals surface area contributed by atoms with Crippen molar-refractivity contribution in [3.63, 3.8) is 0 Å². The standard InChI is InChI=1S/C28H25FN2O5/c1-18(32)31-13-12-19-6-9-22(15-25(19)27(31)20-4-7-21(29)8-5-20)35-17-24-10-11-26(36-24)28(33)30-16-23-3-2-14-34-23/h2-11,14-15,27H,12-13,16-17H2,1H3,(H,30,33). The Hall–Kier alpha value is -4.33. The number of nitrogens with one attached hydrogen (secondary N) is 1. The topological polar surface area (TPSA) is 84.9 Å². The lowest BCUT2D eigenvalue weighted by Gasteiger charge is -2.37. The van der Waals surface area contributed by atoms with Crippen molar-refractivity contribution in [1.29, 1.82) is 0 Å². The van der Waals surface area contributed by atoms with Gasteiger partial charge >= 0.3 is 0 Å². The number of benzene rings is 2. The van der Waals surface area contributed by atoms with Gasteiger partial charge in [-0.2, -0.15) is 0 Å². The summed E-state index contributed by atoms with van der Waals surface area (Å²) in [6.45, 7) is 2.52. The molecular weight excluding hydrogens is 463 g/mol. The maximum atomic E-state index is 13.6. The Kier molecular flexibility index (Phi) is 6.58. The Morgan fingerprint density at radius 1 is 1.08 bits per heavy atom. The summed E-state index contributed by atoms with van der Waals surface area (Å²) in [4.78, 5) is 26.5. The first-order valence-corrected chi connectivity index (χ1v) is 11.7. The zero-order valence-electron chi connectivity index (χ0n) is 19.7. The molecule has 0 saturated carbocycles. The van der Waals surface area contributed by atoms with Crippen molar-refractivity contribution in [3.05, 3.63) is 113 Å². The molecule has 1 aliphatic rings. The highest BCUT2D eigenvalue weighted by Gasteiger charge is 2.31. The van der Waals surface area contributed by atoms with E-state index in [1.807, 2.05) is 18.2 Å². The van der Waals surface area contributed by atoms with E-state index in [2.05, 4.69) is 5.32 Å². The van der Waals surface area contributed by atoms with Crippen LogP contribution in [0.25, 0.3) is 0 Å². The number of amides is 2. The number of fused-ring (bicyclic) bond motifs is 1. The van der Waals surface area contributed by atoms with Crippen LogP contribution >= 0.6 is 0 Å². The molecule has 5 rings (SSSR count). The minimum atomic E-state index is -0.349. The van der Waals surface area contributed by atoms with E-state index in [4.69, 9.17) is 13.6 Å². The number of carbonyl (C=O) groups is 2. The molecule has 1 unspecified atom stereocenters. The minimum absolute atomic E-state index is 0.0465. The molecule has 0 aliphatic carbocycles. The molecule has 1 aliphatic heterocycles. The number of halogens is 1. The van der Waals surface area contributed by atoms with Crippen molar-refractivity contribution in [2.24, 2.45) is 0 Å². The summed E-state index contributed by atoms with van der Waals surface area (Å²) in [6, 6.07) is 18.5. The summed E-state index contributed by atoms with van der Waals surface area (Å²) in [6.07, 6.45) is 2.27. The first kappa shape index (κ1) is 23.4. The van der Waals surface area contributed by atoms with Gasteiger partial charge in [0.2, 0.25) is 5.91 Å². The lowest BCUT2D eigenvalue weighted by Crippen LogP contribution is -2.39. The van der Waals surface area contributed by atoms with E-state index in [-0.39, 0.29) is 42.6 Å². The molecule has 0 fully saturated rings. The van der Waals surface area contributed by atoms with Crippen LogP contribution in [0.3, 0.4) is 0 Å². The molecule has 3 heterocycles. The quantitative estimate of drug-likeness (QED) is 0.395. The summed E-state index contributed by atoms with van der Waals surface area (Å²) >= 11 is 0. The van der Waals surface area contributed by atoms with Gasteiger partial charge in [0, 0.05) is 13.5 Å². The Morgan fingerprint density at radius 2 is 1.92 bits per heavy atom. The van der Waals surface area contributed by atoms with Crippen LogP contribution in [0.4, 0.5) is 4.39 Å². The highest BCUT2D eigenvalue weighted by molar-refractivity contribution is 5.91. The van der Waals surface area contributed by atoms with Crippen molar-refractivity contribution in [2.45, 2.75) is 32.5 Å². The van der Waals surface area contributed by atoms with Crippen LogP contribution in [0.15, 0.2) is 81.8 Å². The van der Waals surface area contributed by atoms with Crippen LogP contribution in [0, 0.1) is 5.82 Å². The lowest BCUT2D eigenvalue weighted by atomic mass is 9.88. The van der Waals surface area contributed by atoms with Crippen molar-refractivity contribution in [3.8, 4) is 5.75 Å². The Labute approximate surface area is 207 Å². The number of ether oxygens (including phenoxy) is 1. The molecule has 8 heteroatoms. The van der Waals surface area contributed by atoms with E-state index < -0.39 is 0 Å². The number of carbonyl (C=O) groups excluding carboxylic acids is 2. The van der Waals surface area contributed by atoms with Gasteiger partial charge in [0.25, 0.3) is 5.91 Å². The summed E-state index contributed by atoms with van der Waals surface area (Å²) in [5.74, 6) is 1.20. The molecule has 0 spiro atoms. The monoisotopic (exact) mass is 488 g/mol. The largest absolute Gasteiger partial charge is 0.486 e. The average Bonchev–Trinajstić information content (AvgIpc) is 3.58. The molecule has 7 nitrogen and oxygen atoms in total. The molecule has 0 bridgehead atoms. The third-order valence-corrected chi connectivity index (χ3v) is 6.21. The second-order valence-corrected chi connectivity index (χ2v) is 8.59. The van der Waals surface area contributed by atoms with Crippen LogP contribution in [-0.4, -0.2) is 23.3 Å². The number of furan rings is 2. The first-order valence-electron chi connectivity index (χ1n) is 11.7. The van der Waals surface area contributed by atoms with Crippen molar-refractivity contribution in [2.75, 3.05) is 6.54 Å². The molecule has 1 atom stereocenters. The van der Waals surface area contributed by atoms with E-state index in [9.17, 15) is 14.0 Å². The fraction of sp³-hybridized carbons (Fsp3) is 0.214. The fourth-order valence-corrected chi connectivity index (χ4v) is 4.43. The number of hydrogen-bond donors (Lipinski definition) is 1. The molecule has 0 radical (unpaired) electrons. The van der Waals surface area contributed by atoms with Gasteiger partial charge in [-0.05, 0) is 71.6 Å². The van der Waals surface area contributed by atoms with Gasteiger partial charge in [-0.15, -0.1) is 0 Å². The summed E-state index contributed by atoms with van der Waals surface area (Å²) in [5, 5.41) is 2.74. The van der Waals surface area contributed by atoms with Crippen molar-refractivity contribution < 1.29 is 27.6 Å². The summed E-state index contributed by atoms with van der Waals surface area (Å²) in [7, 11) is 0. The van der Waals surface area contributed by atoms with E-state index in [0.717, 1.165) is 23.1 Å². The van der Waals surface area contributed by atoms with E-state index in [1.165, 1.54) is 12.1 Å². The fourth-order valence-electron chi connectivity index (χ4n) is 4.43. The van der Waals surface area contributed by atoms with Gasteiger partial charge in [-0.25, -0.2) is 4.39 Å². The van der Waals surface area contributed by atoms with E-state index in [0.29, 0.717) is 23.8 Å². The van der Waals surface area contributed by atoms with E-state index in [1.54, 1.807) is 54.5 Å². The number of rotatable bonds is 7. The smallest absolute Gasteiger partial charge is 0.287 e. The third-order valence-electron chi connectivity index (χ3n) is 6.21. The molecule has 2 amide bonds. The van der Waals surface area contributed by atoms with Gasteiger partial charge in [0.05, 0.1) is 18.8 Å². The van der Waals surface area contributed by atoms with Crippen LogP contribution < -0.4 is 10.1 Å². The third kappa shape index (κ3) is 5.02. The molecule has 1 N–H and O–H groups in total. The van der Waals surface area contributed by atoms with Gasteiger partial charge in [0.1, 0.15) is 29.7 Å². The van der Waals surface area contributed by atoms with Crippen LogP contribution in [0.5, 0.6) is 5.75 Å². The second kappa shape index (κ2) is 10.1. The van der Waals surface area contributed by atoms with E-state index >= 15 is 0 Å². The SMILES string of the molecule is CC(=O)N1CCc2ccc(OCc3ccc(C(=O)NCc4ccco4)o3)cc2C1c1ccc(F)cc1. The Balaban J connectivity index is 1.30. The van der Waals surface area contributed by atoms with Crippen LogP contribution in [0.1, 0.15) is 51.7 Å². The second-order valence-electron chi connectivity index (χ2n) is 8.59. The predicted molar refractivity (Wildman–Crippen MR) is 129 cm³/mol. The molecule has 2 aromatic heterocycles. The summed E-state index contributed by atoms with van der Waals surface area (Å²) in [5.41, 5.74) is 2.89. The summed E-state index contributed by atoms with van der Waals surface area (Å²) < 4.78 is 30.4. The molecular formula is C28H25FN2O5. The highest BCUT2D eigenvalue weighted by Crippen LogP contribution is 2.37.